The van der Waals surface area contributed by atoms with Gasteiger partial charge in [-0.2, -0.15) is 0 Å². The Morgan fingerprint density at radius 2 is 2.24 bits per heavy atom. The van der Waals surface area contributed by atoms with Crippen molar-refractivity contribution in [2.75, 3.05) is 0 Å². The molecule has 94 valence electrons. The van der Waals surface area contributed by atoms with Crippen LogP contribution in [-0.4, -0.2) is 9.67 Å². The molecule has 2 rings (SSSR count). The fourth-order valence-electron chi connectivity index (χ4n) is 2.61. The highest BCUT2D eigenvalue weighted by molar-refractivity contribution is 5.28. The fraction of sp³-hybridized carbons (Fsp3) is 0.600. The molecule has 2 nitrogen and oxygen atoms in total. The lowest BCUT2D eigenvalue weighted by Crippen LogP contribution is -2.05. The number of hydrogen-bond acceptors (Lipinski definition) is 1. The number of unbranched alkanes of at least 4 members (excludes halogenated alkanes) is 3. The van der Waals surface area contributed by atoms with E-state index in [9.17, 15) is 5.11 Å². The summed E-state index contributed by atoms with van der Waals surface area (Å²) in [6.07, 6.45) is 14.2. The van der Waals surface area contributed by atoms with Crippen molar-refractivity contribution in [2.45, 2.75) is 57.6 Å². The number of nitrogens with zero attached hydrogens (tertiary/aromatic N) is 1. The van der Waals surface area contributed by atoms with Crippen LogP contribution in [0.3, 0.4) is 0 Å². The molecule has 17 heavy (non-hydrogen) atoms. The Labute approximate surface area is 104 Å². The summed E-state index contributed by atoms with van der Waals surface area (Å²) in [5, 5.41) is 9.89. The third-order valence-electron chi connectivity index (χ3n) is 3.60. The highest BCUT2D eigenvalue weighted by Gasteiger charge is 2.19. The predicted octanol–water partition coefficient (Wildman–Crippen LogP) is 3.60. The summed E-state index contributed by atoms with van der Waals surface area (Å²) >= 11 is 0. The van der Waals surface area contributed by atoms with Gasteiger partial charge in [-0.1, -0.05) is 12.5 Å². The van der Waals surface area contributed by atoms with Crippen LogP contribution in [0.15, 0.2) is 25.0 Å². The maximum atomic E-state index is 9.89. The second kappa shape index (κ2) is 6.06. The van der Waals surface area contributed by atoms with Gasteiger partial charge in [0.15, 0.2) is 0 Å². The quantitative estimate of drug-likeness (QED) is 0.589. The number of aliphatic hydroxyl groups excluding tert-OH is 1. The lowest BCUT2D eigenvalue weighted by molar-refractivity contribution is 0.157. The van der Waals surface area contributed by atoms with Crippen molar-refractivity contribution < 1.29 is 5.11 Å². The molecule has 0 saturated carbocycles. The maximum absolute atomic E-state index is 9.89. The van der Waals surface area contributed by atoms with Crippen LogP contribution in [0.1, 0.15) is 55.8 Å². The Bertz CT molecular complexity index is 367. The van der Waals surface area contributed by atoms with Gasteiger partial charge in [0.25, 0.3) is 0 Å². The summed E-state index contributed by atoms with van der Waals surface area (Å²) in [6.45, 7) is 4.82. The molecule has 0 bridgehead atoms. The molecule has 0 spiro atoms. The first kappa shape index (κ1) is 12.4. The van der Waals surface area contributed by atoms with Crippen LogP contribution < -0.4 is 0 Å². The first-order valence-corrected chi connectivity index (χ1v) is 6.79. The molecule has 0 fully saturated rings. The summed E-state index contributed by atoms with van der Waals surface area (Å²) in [6, 6.07) is 0. The second-order valence-electron chi connectivity index (χ2n) is 5.02. The molecule has 1 aliphatic carbocycles. The van der Waals surface area contributed by atoms with E-state index in [1.54, 1.807) is 0 Å². The van der Waals surface area contributed by atoms with E-state index in [-0.39, 0.29) is 6.10 Å². The Balaban J connectivity index is 1.83. The van der Waals surface area contributed by atoms with Gasteiger partial charge in [0, 0.05) is 24.5 Å². The molecule has 1 heterocycles. The van der Waals surface area contributed by atoms with Crippen molar-refractivity contribution >= 4 is 0 Å². The highest BCUT2D eigenvalue weighted by atomic mass is 16.3. The second-order valence-corrected chi connectivity index (χ2v) is 5.02. The molecule has 0 radical (unpaired) electrons. The molecule has 2 heteroatoms. The number of rotatable bonds is 6. The molecule has 0 amide bonds. The zero-order valence-corrected chi connectivity index (χ0v) is 10.6. The van der Waals surface area contributed by atoms with Gasteiger partial charge in [0.1, 0.15) is 0 Å². The minimum Gasteiger partial charge on any atom is -0.388 e. The van der Waals surface area contributed by atoms with Crippen molar-refractivity contribution in [2.24, 2.45) is 0 Å². The van der Waals surface area contributed by atoms with Gasteiger partial charge in [-0.25, -0.2) is 0 Å². The first-order chi connectivity index (χ1) is 8.31. The average molecular weight is 233 g/mol. The maximum Gasteiger partial charge on any atom is 0.0807 e. The van der Waals surface area contributed by atoms with Crippen LogP contribution in [0.25, 0.3) is 0 Å². The van der Waals surface area contributed by atoms with Gasteiger partial charge in [0.2, 0.25) is 0 Å². The van der Waals surface area contributed by atoms with Crippen LogP contribution in [0.4, 0.5) is 0 Å². The van der Waals surface area contributed by atoms with Crippen molar-refractivity contribution in [3.05, 3.63) is 36.2 Å². The summed E-state index contributed by atoms with van der Waals surface area (Å²) in [5.74, 6) is 0. The highest BCUT2D eigenvalue weighted by Crippen LogP contribution is 2.30. The Kier molecular flexibility index (Phi) is 4.43. The minimum absolute atomic E-state index is 0.222. The largest absolute Gasteiger partial charge is 0.388 e. The fourth-order valence-corrected chi connectivity index (χ4v) is 2.61. The van der Waals surface area contributed by atoms with Crippen molar-refractivity contribution in [1.82, 2.24) is 4.57 Å². The third kappa shape index (κ3) is 3.22. The van der Waals surface area contributed by atoms with Crippen LogP contribution in [-0.2, 0) is 13.0 Å². The number of hydrogen-bond donors (Lipinski definition) is 1. The molecule has 0 aromatic carbocycles. The molecule has 0 aliphatic heterocycles. The van der Waals surface area contributed by atoms with E-state index >= 15 is 0 Å². The smallest absolute Gasteiger partial charge is 0.0807 e. The normalized spacial score (nSPS) is 19.0. The van der Waals surface area contributed by atoms with Crippen molar-refractivity contribution in [1.29, 1.82) is 0 Å². The van der Waals surface area contributed by atoms with E-state index < -0.39 is 0 Å². The molecule has 1 unspecified atom stereocenters. The zero-order chi connectivity index (χ0) is 12.1. The number of allylic oxidation sites excluding steroid dienone is 1. The van der Waals surface area contributed by atoms with E-state index in [0.717, 1.165) is 32.2 Å². The van der Waals surface area contributed by atoms with Crippen LogP contribution >= 0.6 is 0 Å². The lowest BCUT2D eigenvalue weighted by atomic mass is 9.93. The molecular weight excluding hydrogens is 210 g/mol. The summed E-state index contributed by atoms with van der Waals surface area (Å²) in [5.41, 5.74) is 2.53. The topological polar surface area (TPSA) is 25.2 Å². The predicted molar refractivity (Wildman–Crippen MR) is 71.0 cm³/mol. The van der Waals surface area contributed by atoms with Crippen LogP contribution in [0.2, 0.25) is 0 Å². The summed E-state index contributed by atoms with van der Waals surface area (Å²) in [4.78, 5) is 0. The van der Waals surface area contributed by atoms with Gasteiger partial charge in [-0.15, -0.1) is 6.58 Å². The Morgan fingerprint density at radius 3 is 3.00 bits per heavy atom. The van der Waals surface area contributed by atoms with Gasteiger partial charge >= 0.3 is 0 Å². The van der Waals surface area contributed by atoms with Gasteiger partial charge in [-0.3, -0.25) is 0 Å². The molecule has 0 saturated heterocycles. The molecule has 1 atom stereocenters. The van der Waals surface area contributed by atoms with E-state index in [0.29, 0.717) is 0 Å². The number of aryl methyl sites for hydroxylation is 2. The average Bonchev–Trinajstić information content (AvgIpc) is 2.73. The Hall–Kier alpha value is -1.02. The van der Waals surface area contributed by atoms with Crippen molar-refractivity contribution in [3.8, 4) is 0 Å². The molecule has 1 aromatic rings. The first-order valence-electron chi connectivity index (χ1n) is 6.79. The third-order valence-corrected chi connectivity index (χ3v) is 3.60. The van der Waals surface area contributed by atoms with Gasteiger partial charge < -0.3 is 9.67 Å². The van der Waals surface area contributed by atoms with Crippen LogP contribution in [0, 0.1) is 0 Å². The van der Waals surface area contributed by atoms with E-state index in [1.807, 2.05) is 6.08 Å². The number of aliphatic hydroxyl groups is 1. The van der Waals surface area contributed by atoms with Crippen molar-refractivity contribution in [3.63, 3.8) is 0 Å². The monoisotopic (exact) mass is 233 g/mol. The molecule has 1 N–H and O–H groups in total. The van der Waals surface area contributed by atoms with Crippen LogP contribution in [0.5, 0.6) is 0 Å². The van der Waals surface area contributed by atoms with Gasteiger partial charge in [0.05, 0.1) is 6.10 Å². The van der Waals surface area contributed by atoms with E-state index in [4.69, 9.17) is 0 Å². The Morgan fingerprint density at radius 1 is 1.35 bits per heavy atom. The van der Waals surface area contributed by atoms with E-state index in [2.05, 4.69) is 23.5 Å². The van der Waals surface area contributed by atoms with Gasteiger partial charge in [-0.05, 0) is 44.1 Å². The van der Waals surface area contributed by atoms with E-state index in [1.165, 1.54) is 30.4 Å². The standard InChI is InChI=1S/C15H23NO/c1-2-3-4-5-6-10-16-11-13-8-7-9-15(17)14(13)12-16/h2,11-12,15,17H,1,3-10H2. The lowest BCUT2D eigenvalue weighted by Gasteiger charge is -2.16. The number of aromatic nitrogens is 1. The SMILES string of the molecule is C=CCCCCCn1cc2c(c1)C(O)CCC2. The molecule has 1 aliphatic rings. The zero-order valence-electron chi connectivity index (χ0n) is 10.6. The summed E-state index contributed by atoms with van der Waals surface area (Å²) in [7, 11) is 0. The minimum atomic E-state index is -0.222. The summed E-state index contributed by atoms with van der Waals surface area (Å²) < 4.78 is 2.26. The molecule has 1 aromatic heterocycles. The number of fused-ring (bicyclic) bond motifs is 1. The molecular formula is C15H23NO.